The van der Waals surface area contributed by atoms with Gasteiger partial charge < -0.3 is 5.32 Å². The summed E-state index contributed by atoms with van der Waals surface area (Å²) in [5.74, 6) is 1.95. The Morgan fingerprint density at radius 1 is 1.11 bits per heavy atom. The summed E-state index contributed by atoms with van der Waals surface area (Å²) in [6.07, 6.45) is 2.34. The van der Waals surface area contributed by atoms with Crippen molar-refractivity contribution in [3.05, 3.63) is 29.8 Å². The quantitative estimate of drug-likeness (QED) is 0.672. The van der Waals surface area contributed by atoms with Crippen LogP contribution in [0.3, 0.4) is 0 Å². The molecule has 2 heteroatoms. The Bertz CT molecular complexity index is 318. The van der Waals surface area contributed by atoms with E-state index in [4.69, 9.17) is 0 Å². The molecule has 1 aromatic rings. The van der Waals surface area contributed by atoms with Crippen LogP contribution < -0.4 is 5.32 Å². The number of nitrogens with one attached hydrogen (secondary N) is 1. The van der Waals surface area contributed by atoms with Crippen LogP contribution in [0.2, 0.25) is 0 Å². The molecule has 0 aliphatic carbocycles. The number of thioether (sulfide) groups is 1. The second kappa shape index (κ2) is 8.60. The number of rotatable bonds is 8. The molecule has 1 aromatic carbocycles. The molecule has 1 unspecified atom stereocenters. The molecule has 0 fully saturated rings. The first kappa shape index (κ1) is 15.6. The minimum absolute atomic E-state index is 0.508. The summed E-state index contributed by atoms with van der Waals surface area (Å²) in [6, 6.07) is 9.59. The lowest BCUT2D eigenvalue weighted by Crippen LogP contribution is -2.21. The van der Waals surface area contributed by atoms with Gasteiger partial charge in [-0.15, -0.1) is 11.8 Å². The standard InChI is InChI=1S/C16H27NS/c1-5-11-17-16(6-2)14-7-9-15(10-8-14)18-12-13(3)4/h7-10,13,16-17H,5-6,11-12H2,1-4H3. The van der Waals surface area contributed by atoms with Gasteiger partial charge in [-0.3, -0.25) is 0 Å². The van der Waals surface area contributed by atoms with E-state index in [0.717, 1.165) is 18.9 Å². The van der Waals surface area contributed by atoms with E-state index < -0.39 is 0 Å². The first-order valence-electron chi connectivity index (χ1n) is 7.13. The summed E-state index contributed by atoms with van der Waals surface area (Å²) in [6.45, 7) is 10.1. The lowest BCUT2D eigenvalue weighted by molar-refractivity contribution is 0.518. The molecular formula is C16H27NS. The highest BCUT2D eigenvalue weighted by molar-refractivity contribution is 7.99. The lowest BCUT2D eigenvalue weighted by atomic mass is 10.0. The summed E-state index contributed by atoms with van der Waals surface area (Å²) < 4.78 is 0. The van der Waals surface area contributed by atoms with Gasteiger partial charge in [-0.2, -0.15) is 0 Å². The molecule has 0 radical (unpaired) electrons. The summed E-state index contributed by atoms with van der Waals surface area (Å²) in [7, 11) is 0. The van der Waals surface area contributed by atoms with E-state index in [0.29, 0.717) is 6.04 Å². The van der Waals surface area contributed by atoms with Crippen LogP contribution in [-0.2, 0) is 0 Å². The lowest BCUT2D eigenvalue weighted by Gasteiger charge is -2.17. The second-order valence-corrected chi connectivity index (χ2v) is 6.28. The number of benzene rings is 1. The molecule has 1 rings (SSSR count). The van der Waals surface area contributed by atoms with Crippen molar-refractivity contribution in [1.29, 1.82) is 0 Å². The minimum atomic E-state index is 0.508. The van der Waals surface area contributed by atoms with Crippen molar-refractivity contribution in [2.45, 2.75) is 51.5 Å². The van der Waals surface area contributed by atoms with Gasteiger partial charge in [0.05, 0.1) is 0 Å². The van der Waals surface area contributed by atoms with E-state index in [9.17, 15) is 0 Å². The molecule has 0 aliphatic rings. The molecule has 1 N–H and O–H groups in total. The van der Waals surface area contributed by atoms with Crippen LogP contribution in [0.4, 0.5) is 0 Å². The molecule has 0 aromatic heterocycles. The van der Waals surface area contributed by atoms with Gasteiger partial charge in [0.2, 0.25) is 0 Å². The number of hydrogen-bond donors (Lipinski definition) is 1. The van der Waals surface area contributed by atoms with Crippen LogP contribution in [0.15, 0.2) is 29.2 Å². The van der Waals surface area contributed by atoms with Gasteiger partial charge in [-0.25, -0.2) is 0 Å². The van der Waals surface area contributed by atoms with E-state index in [1.165, 1.54) is 22.6 Å². The van der Waals surface area contributed by atoms with Gasteiger partial charge in [0, 0.05) is 16.7 Å². The van der Waals surface area contributed by atoms with Crippen LogP contribution >= 0.6 is 11.8 Å². The van der Waals surface area contributed by atoms with Gasteiger partial charge >= 0.3 is 0 Å². The molecule has 0 bridgehead atoms. The maximum atomic E-state index is 3.60. The van der Waals surface area contributed by atoms with Crippen LogP contribution in [0.5, 0.6) is 0 Å². The first-order valence-corrected chi connectivity index (χ1v) is 8.12. The first-order chi connectivity index (χ1) is 8.67. The Kier molecular flexibility index (Phi) is 7.45. The SMILES string of the molecule is CCCNC(CC)c1ccc(SCC(C)C)cc1. The zero-order valence-corrected chi connectivity index (χ0v) is 13.0. The third-order valence-corrected chi connectivity index (χ3v) is 4.35. The predicted molar refractivity (Wildman–Crippen MR) is 83.3 cm³/mol. The van der Waals surface area contributed by atoms with E-state index in [1.807, 2.05) is 11.8 Å². The average molecular weight is 265 g/mol. The van der Waals surface area contributed by atoms with Gasteiger partial charge in [-0.05, 0) is 43.0 Å². The Balaban J connectivity index is 2.57. The van der Waals surface area contributed by atoms with Crippen molar-refractivity contribution in [2.75, 3.05) is 12.3 Å². The normalized spacial score (nSPS) is 12.9. The highest BCUT2D eigenvalue weighted by Crippen LogP contribution is 2.24. The molecule has 0 amide bonds. The Morgan fingerprint density at radius 3 is 2.28 bits per heavy atom. The van der Waals surface area contributed by atoms with Crippen LogP contribution in [-0.4, -0.2) is 12.3 Å². The number of hydrogen-bond acceptors (Lipinski definition) is 2. The van der Waals surface area contributed by atoms with Gasteiger partial charge in [-0.1, -0.05) is 39.8 Å². The third kappa shape index (κ3) is 5.45. The van der Waals surface area contributed by atoms with Crippen molar-refractivity contribution in [3.63, 3.8) is 0 Å². The fourth-order valence-electron chi connectivity index (χ4n) is 1.88. The molecule has 0 spiro atoms. The Hall–Kier alpha value is -0.470. The van der Waals surface area contributed by atoms with Crippen molar-refractivity contribution in [2.24, 2.45) is 5.92 Å². The Labute approximate surface area is 117 Å². The van der Waals surface area contributed by atoms with Crippen LogP contribution in [0.25, 0.3) is 0 Å². The second-order valence-electron chi connectivity index (χ2n) is 5.19. The highest BCUT2D eigenvalue weighted by Gasteiger charge is 2.07. The molecule has 0 heterocycles. The third-order valence-electron chi connectivity index (χ3n) is 2.91. The molecule has 18 heavy (non-hydrogen) atoms. The van der Waals surface area contributed by atoms with Crippen molar-refractivity contribution in [3.8, 4) is 0 Å². The average Bonchev–Trinajstić information content (AvgIpc) is 2.38. The zero-order valence-electron chi connectivity index (χ0n) is 12.2. The Morgan fingerprint density at radius 2 is 1.78 bits per heavy atom. The van der Waals surface area contributed by atoms with Crippen LogP contribution in [0, 0.1) is 5.92 Å². The molecule has 0 aliphatic heterocycles. The zero-order chi connectivity index (χ0) is 13.4. The smallest absolute Gasteiger partial charge is 0.0317 e. The minimum Gasteiger partial charge on any atom is -0.310 e. The van der Waals surface area contributed by atoms with Crippen molar-refractivity contribution in [1.82, 2.24) is 5.32 Å². The largest absolute Gasteiger partial charge is 0.310 e. The fourth-order valence-corrected chi connectivity index (χ4v) is 2.73. The fraction of sp³-hybridized carbons (Fsp3) is 0.625. The molecule has 0 saturated carbocycles. The van der Waals surface area contributed by atoms with Gasteiger partial charge in [0.1, 0.15) is 0 Å². The van der Waals surface area contributed by atoms with Crippen molar-refractivity contribution < 1.29 is 0 Å². The van der Waals surface area contributed by atoms with E-state index in [2.05, 4.69) is 57.3 Å². The highest BCUT2D eigenvalue weighted by atomic mass is 32.2. The summed E-state index contributed by atoms with van der Waals surface area (Å²) in [5.41, 5.74) is 1.42. The van der Waals surface area contributed by atoms with Crippen molar-refractivity contribution >= 4 is 11.8 Å². The topological polar surface area (TPSA) is 12.0 Å². The monoisotopic (exact) mass is 265 g/mol. The predicted octanol–water partition coefficient (Wildman–Crippen LogP) is 4.89. The molecule has 1 nitrogen and oxygen atoms in total. The maximum Gasteiger partial charge on any atom is 0.0317 e. The van der Waals surface area contributed by atoms with Gasteiger partial charge in [0.25, 0.3) is 0 Å². The summed E-state index contributed by atoms with van der Waals surface area (Å²) in [4.78, 5) is 1.39. The van der Waals surface area contributed by atoms with E-state index in [1.54, 1.807) is 0 Å². The van der Waals surface area contributed by atoms with E-state index >= 15 is 0 Å². The summed E-state index contributed by atoms with van der Waals surface area (Å²) in [5, 5.41) is 3.60. The maximum absolute atomic E-state index is 3.60. The molecular weight excluding hydrogens is 238 g/mol. The van der Waals surface area contributed by atoms with E-state index in [-0.39, 0.29) is 0 Å². The summed E-state index contributed by atoms with van der Waals surface area (Å²) >= 11 is 1.95. The molecule has 0 saturated heterocycles. The molecule has 102 valence electrons. The van der Waals surface area contributed by atoms with Gasteiger partial charge in [0.15, 0.2) is 0 Å². The molecule has 1 atom stereocenters. The van der Waals surface area contributed by atoms with Crippen LogP contribution in [0.1, 0.15) is 52.1 Å².